The lowest BCUT2D eigenvalue weighted by atomic mass is 9.88. The van der Waals surface area contributed by atoms with E-state index in [1.165, 1.54) is 24.3 Å². The molecule has 1 atom stereocenters. The van der Waals surface area contributed by atoms with Gasteiger partial charge in [0.2, 0.25) is 5.91 Å². The Balaban J connectivity index is 1.57. The van der Waals surface area contributed by atoms with E-state index in [9.17, 15) is 13.6 Å². The molecule has 2 aromatic carbocycles. The molecule has 23 heavy (non-hydrogen) atoms. The predicted molar refractivity (Wildman–Crippen MR) is 82.8 cm³/mol. The summed E-state index contributed by atoms with van der Waals surface area (Å²) in [6.45, 7) is 0.726. The van der Waals surface area contributed by atoms with Crippen molar-refractivity contribution in [2.24, 2.45) is 0 Å². The van der Waals surface area contributed by atoms with Crippen LogP contribution < -0.4 is 0 Å². The summed E-state index contributed by atoms with van der Waals surface area (Å²) in [7, 11) is 0. The highest BCUT2D eigenvalue weighted by Crippen LogP contribution is 2.52. The second-order valence-corrected chi connectivity index (χ2v) is 6.44. The van der Waals surface area contributed by atoms with Gasteiger partial charge in [-0.15, -0.1) is 0 Å². The van der Waals surface area contributed by atoms with E-state index in [0.29, 0.717) is 0 Å². The molecular formula is C19H17F2NO. The van der Waals surface area contributed by atoms with Gasteiger partial charge in [-0.25, -0.2) is 8.78 Å². The Morgan fingerprint density at radius 1 is 0.957 bits per heavy atom. The van der Waals surface area contributed by atoms with E-state index in [2.05, 4.69) is 0 Å². The molecule has 2 aliphatic rings. The average molecular weight is 313 g/mol. The molecule has 4 rings (SSSR count). The van der Waals surface area contributed by atoms with Crippen LogP contribution in [-0.2, 0) is 10.2 Å². The first-order valence-electron chi connectivity index (χ1n) is 7.93. The maximum atomic E-state index is 13.1. The Bertz CT molecular complexity index is 735. The summed E-state index contributed by atoms with van der Waals surface area (Å²) in [5, 5.41) is 0. The van der Waals surface area contributed by atoms with E-state index in [1.54, 1.807) is 24.3 Å². The lowest BCUT2D eigenvalue weighted by molar-refractivity contribution is -0.142. The molecule has 1 aliphatic heterocycles. The van der Waals surface area contributed by atoms with Gasteiger partial charge in [0.15, 0.2) is 0 Å². The smallest absolute Gasteiger partial charge is 0.233 e. The van der Waals surface area contributed by atoms with Gasteiger partial charge in [-0.2, -0.15) is 0 Å². The van der Waals surface area contributed by atoms with E-state index < -0.39 is 5.41 Å². The fraction of sp³-hybridized carbons (Fsp3) is 0.316. The molecule has 1 amide bonds. The number of rotatable bonds is 3. The highest BCUT2D eigenvalue weighted by molar-refractivity contribution is 5.92. The van der Waals surface area contributed by atoms with Crippen molar-refractivity contribution in [3.63, 3.8) is 0 Å². The molecule has 0 radical (unpaired) electrons. The van der Waals surface area contributed by atoms with Crippen LogP contribution in [0.1, 0.15) is 36.4 Å². The normalized spacial score (nSPS) is 21.7. The predicted octanol–water partition coefficient (Wildman–Crippen LogP) is 3.97. The number of hydrogen-bond acceptors (Lipinski definition) is 1. The highest BCUT2D eigenvalue weighted by Gasteiger charge is 2.55. The number of benzene rings is 2. The number of hydrogen-bond donors (Lipinski definition) is 0. The second kappa shape index (κ2) is 5.15. The lowest BCUT2D eigenvalue weighted by Gasteiger charge is -2.43. The van der Waals surface area contributed by atoms with Crippen LogP contribution in [0, 0.1) is 11.6 Å². The minimum atomic E-state index is -0.480. The Morgan fingerprint density at radius 3 is 2.00 bits per heavy atom. The third kappa shape index (κ3) is 2.33. The Morgan fingerprint density at radius 2 is 1.52 bits per heavy atom. The van der Waals surface area contributed by atoms with Gasteiger partial charge in [0.1, 0.15) is 11.6 Å². The first-order chi connectivity index (χ1) is 11.1. The van der Waals surface area contributed by atoms with Crippen molar-refractivity contribution in [3.8, 4) is 0 Å². The summed E-state index contributed by atoms with van der Waals surface area (Å²) < 4.78 is 26.2. The molecule has 4 heteroatoms. The fourth-order valence-corrected chi connectivity index (χ4v) is 3.46. The largest absolute Gasteiger partial charge is 0.335 e. The number of carbonyl (C=O) groups is 1. The Hall–Kier alpha value is -2.23. The molecule has 0 unspecified atom stereocenters. The quantitative estimate of drug-likeness (QED) is 0.839. The number of halogens is 2. The summed E-state index contributed by atoms with van der Waals surface area (Å²) in [4.78, 5) is 14.9. The van der Waals surface area contributed by atoms with Crippen molar-refractivity contribution in [3.05, 3.63) is 71.3 Å². The molecule has 1 heterocycles. The van der Waals surface area contributed by atoms with Crippen LogP contribution in [0.25, 0.3) is 0 Å². The maximum Gasteiger partial charge on any atom is 0.233 e. The zero-order valence-electron chi connectivity index (χ0n) is 12.6. The molecule has 118 valence electrons. The number of amides is 1. The minimum absolute atomic E-state index is 0.0287. The van der Waals surface area contributed by atoms with Crippen molar-refractivity contribution in [2.45, 2.75) is 30.7 Å². The van der Waals surface area contributed by atoms with E-state index in [-0.39, 0.29) is 23.6 Å². The van der Waals surface area contributed by atoms with Gasteiger partial charge in [0.25, 0.3) is 0 Å². The van der Waals surface area contributed by atoms with Crippen LogP contribution in [0.3, 0.4) is 0 Å². The average Bonchev–Trinajstić information content (AvgIpc) is 3.31. The molecule has 1 saturated heterocycles. The summed E-state index contributed by atoms with van der Waals surface area (Å²) >= 11 is 0. The van der Waals surface area contributed by atoms with Crippen molar-refractivity contribution >= 4 is 5.91 Å². The molecule has 0 aromatic heterocycles. The first kappa shape index (κ1) is 14.4. The molecule has 2 aromatic rings. The van der Waals surface area contributed by atoms with Gasteiger partial charge in [0.05, 0.1) is 11.5 Å². The van der Waals surface area contributed by atoms with Crippen LogP contribution in [0.15, 0.2) is 48.5 Å². The van der Waals surface area contributed by atoms with Gasteiger partial charge in [-0.1, -0.05) is 24.3 Å². The second-order valence-electron chi connectivity index (χ2n) is 6.44. The van der Waals surface area contributed by atoms with E-state index in [4.69, 9.17) is 0 Å². The minimum Gasteiger partial charge on any atom is -0.335 e. The Kier molecular flexibility index (Phi) is 3.22. The molecular weight excluding hydrogens is 296 g/mol. The lowest BCUT2D eigenvalue weighted by Crippen LogP contribution is -2.49. The first-order valence-corrected chi connectivity index (χ1v) is 7.93. The number of nitrogens with zero attached hydrogens (tertiary/aromatic N) is 1. The zero-order valence-corrected chi connectivity index (χ0v) is 12.6. The fourth-order valence-electron chi connectivity index (χ4n) is 3.46. The monoisotopic (exact) mass is 313 g/mol. The molecule has 0 N–H and O–H groups in total. The van der Waals surface area contributed by atoms with Crippen LogP contribution >= 0.6 is 0 Å². The van der Waals surface area contributed by atoms with Crippen molar-refractivity contribution in [2.75, 3.05) is 6.54 Å². The van der Waals surface area contributed by atoms with Crippen molar-refractivity contribution in [1.82, 2.24) is 4.90 Å². The van der Waals surface area contributed by atoms with Gasteiger partial charge < -0.3 is 4.90 Å². The maximum absolute atomic E-state index is 13.1. The van der Waals surface area contributed by atoms with Crippen molar-refractivity contribution in [1.29, 1.82) is 0 Å². The summed E-state index contributed by atoms with van der Waals surface area (Å²) in [6, 6.07) is 12.6. The molecule has 2 fully saturated rings. The van der Waals surface area contributed by atoms with Crippen LogP contribution in [-0.4, -0.2) is 17.4 Å². The van der Waals surface area contributed by atoms with Gasteiger partial charge in [-0.3, -0.25) is 4.79 Å². The van der Waals surface area contributed by atoms with E-state index >= 15 is 0 Å². The van der Waals surface area contributed by atoms with E-state index in [0.717, 1.165) is 36.9 Å². The molecule has 1 saturated carbocycles. The van der Waals surface area contributed by atoms with Gasteiger partial charge in [0, 0.05) is 6.54 Å². The van der Waals surface area contributed by atoms with Crippen LogP contribution in [0.2, 0.25) is 0 Å². The van der Waals surface area contributed by atoms with Gasteiger partial charge in [-0.05, 0) is 54.7 Å². The molecule has 2 nitrogen and oxygen atoms in total. The molecule has 0 spiro atoms. The van der Waals surface area contributed by atoms with Crippen molar-refractivity contribution < 1.29 is 13.6 Å². The zero-order chi connectivity index (χ0) is 16.0. The Labute approximate surface area is 133 Å². The summed E-state index contributed by atoms with van der Waals surface area (Å²) in [6.07, 6.45) is 2.52. The molecule has 0 bridgehead atoms. The van der Waals surface area contributed by atoms with Crippen LogP contribution in [0.4, 0.5) is 8.78 Å². The molecule has 1 aliphatic carbocycles. The van der Waals surface area contributed by atoms with Crippen LogP contribution in [0.5, 0.6) is 0 Å². The third-order valence-electron chi connectivity index (χ3n) is 5.09. The number of carbonyl (C=O) groups excluding carboxylic acids is 1. The van der Waals surface area contributed by atoms with Gasteiger partial charge >= 0.3 is 0 Å². The summed E-state index contributed by atoms with van der Waals surface area (Å²) in [5.74, 6) is -0.439. The highest BCUT2D eigenvalue weighted by atomic mass is 19.1. The standard InChI is InChI=1S/C19H17F2NO/c20-15-5-1-13(2-6-15)17-9-12-22(17)18(23)19(10-11-19)14-3-7-16(21)8-4-14/h1-8,17H,9-12H2/t17-/m1/s1. The third-order valence-corrected chi connectivity index (χ3v) is 5.09. The van der Waals surface area contributed by atoms with E-state index in [1.807, 2.05) is 4.90 Å². The number of likely N-dealkylation sites (tertiary alicyclic amines) is 1. The topological polar surface area (TPSA) is 20.3 Å². The SMILES string of the molecule is O=C(N1CC[C@@H]1c1ccc(F)cc1)C1(c2ccc(F)cc2)CC1. The summed E-state index contributed by atoms with van der Waals surface area (Å²) in [5.41, 5.74) is 1.39.